The van der Waals surface area contributed by atoms with Crippen molar-refractivity contribution in [3.63, 3.8) is 0 Å². The molecule has 32 heavy (non-hydrogen) atoms. The summed E-state index contributed by atoms with van der Waals surface area (Å²) in [6, 6.07) is 7.73. The maximum atomic E-state index is 14.4. The third-order valence-electron chi connectivity index (χ3n) is 6.26. The minimum absolute atomic E-state index is 0.149. The molecule has 2 aromatic carbocycles. The van der Waals surface area contributed by atoms with Gasteiger partial charge in [0.1, 0.15) is 0 Å². The molecule has 0 heterocycles. The Morgan fingerprint density at radius 1 is 0.625 bits per heavy atom. The summed E-state index contributed by atoms with van der Waals surface area (Å²) in [6.45, 7) is 13.6. The lowest BCUT2D eigenvalue weighted by Gasteiger charge is -2.21. The molecule has 4 heteroatoms. The van der Waals surface area contributed by atoms with Crippen LogP contribution in [0.15, 0.2) is 24.3 Å². The van der Waals surface area contributed by atoms with Gasteiger partial charge >= 0.3 is 0 Å². The molecule has 174 valence electrons. The van der Waals surface area contributed by atoms with E-state index in [2.05, 4.69) is 6.92 Å². The summed E-state index contributed by atoms with van der Waals surface area (Å²) >= 11 is 0. The van der Waals surface area contributed by atoms with Crippen LogP contribution in [0.2, 0.25) is 0 Å². The van der Waals surface area contributed by atoms with E-state index in [-0.39, 0.29) is 6.16 Å². The van der Waals surface area contributed by atoms with Crippen molar-refractivity contribution in [3.05, 3.63) is 68.8 Å². The zero-order valence-electron chi connectivity index (χ0n) is 20.9. The highest BCUT2D eigenvalue weighted by molar-refractivity contribution is 7.95. The number of hydrogen-bond donors (Lipinski definition) is 0. The largest absolute Gasteiger partial charge is 0.307 e. The van der Waals surface area contributed by atoms with Crippen LogP contribution in [0.25, 0.3) is 0 Å². The van der Waals surface area contributed by atoms with Gasteiger partial charge in [-0.2, -0.15) is 0 Å². The fraction of sp³-hybridized carbons (Fsp3) is 0.500. The zero-order chi connectivity index (χ0) is 24.1. The predicted octanol–water partition coefficient (Wildman–Crippen LogP) is 8.24. The molecule has 0 aliphatic rings. The second kappa shape index (κ2) is 11.2. The van der Waals surface area contributed by atoms with E-state index in [9.17, 15) is 14.2 Å². The number of aryl methyl sites for hydroxylation is 6. The quantitative estimate of drug-likeness (QED) is 0.254. The first-order valence-electron chi connectivity index (χ1n) is 11.9. The molecule has 0 aromatic heterocycles. The van der Waals surface area contributed by atoms with Crippen molar-refractivity contribution >= 4 is 18.2 Å². The molecule has 0 spiro atoms. The van der Waals surface area contributed by atoms with Crippen molar-refractivity contribution in [2.45, 2.75) is 87.0 Å². The van der Waals surface area contributed by atoms with Gasteiger partial charge in [0, 0.05) is 17.3 Å². The Bertz CT molecular complexity index is 929. The van der Waals surface area contributed by atoms with Crippen LogP contribution in [0, 0.1) is 41.5 Å². The molecule has 0 aliphatic carbocycles. The first kappa shape index (κ1) is 26.3. The van der Waals surface area contributed by atoms with Crippen molar-refractivity contribution < 1.29 is 14.2 Å². The van der Waals surface area contributed by atoms with Gasteiger partial charge < -0.3 is 4.57 Å². The summed E-state index contributed by atoms with van der Waals surface area (Å²) in [5.74, 6) is 0. The van der Waals surface area contributed by atoms with E-state index >= 15 is 0 Å². The fourth-order valence-electron chi connectivity index (χ4n) is 4.81. The zero-order valence-corrected chi connectivity index (χ0v) is 21.8. The van der Waals surface area contributed by atoms with Crippen LogP contribution in [-0.2, 0) is 4.57 Å². The summed E-state index contributed by atoms with van der Waals surface area (Å²) in [7, 11) is -3.82. The highest BCUT2D eigenvalue weighted by Crippen LogP contribution is 2.54. The van der Waals surface area contributed by atoms with Gasteiger partial charge in [-0.05, 0) is 70.2 Å². The topological polar surface area (TPSA) is 51.2 Å². The molecule has 2 aromatic rings. The van der Waals surface area contributed by atoms with Gasteiger partial charge in [0.25, 0.3) is 0 Å². The molecule has 0 bridgehead atoms. The molecule has 2 rings (SSSR count). The highest BCUT2D eigenvalue weighted by Gasteiger charge is 2.42. The van der Waals surface area contributed by atoms with E-state index in [4.69, 9.17) is 0 Å². The van der Waals surface area contributed by atoms with Crippen molar-refractivity contribution in [2.24, 2.45) is 0 Å². The van der Waals surface area contributed by atoms with E-state index in [1.165, 1.54) is 6.42 Å². The SMILES string of the molecule is CCCCCCCCP(=O)(C(=O)c1c(C)cc(C)cc1C)C(=O)c1c(C)cc(C)cc1C. The van der Waals surface area contributed by atoms with Gasteiger partial charge in [-0.25, -0.2) is 0 Å². The van der Waals surface area contributed by atoms with Crippen LogP contribution in [0.4, 0.5) is 0 Å². The lowest BCUT2D eigenvalue weighted by Crippen LogP contribution is -2.17. The van der Waals surface area contributed by atoms with Crippen LogP contribution >= 0.6 is 7.14 Å². The number of rotatable bonds is 11. The Morgan fingerprint density at radius 3 is 1.34 bits per heavy atom. The van der Waals surface area contributed by atoms with Gasteiger partial charge in [-0.15, -0.1) is 0 Å². The summed E-state index contributed by atoms with van der Waals surface area (Å²) < 4.78 is 14.4. The van der Waals surface area contributed by atoms with Crippen LogP contribution in [0.5, 0.6) is 0 Å². The molecule has 0 unspecified atom stereocenters. The number of benzene rings is 2. The van der Waals surface area contributed by atoms with Gasteiger partial charge in [0.15, 0.2) is 0 Å². The summed E-state index contributed by atoms with van der Waals surface area (Å²) in [4.78, 5) is 27.6. The van der Waals surface area contributed by atoms with E-state index in [1.54, 1.807) is 0 Å². The number of unbranched alkanes of at least 4 members (excludes halogenated alkanes) is 5. The molecule has 0 amide bonds. The Hall–Kier alpha value is -1.99. The number of hydrogen-bond acceptors (Lipinski definition) is 3. The first-order valence-corrected chi connectivity index (χ1v) is 13.8. The lowest BCUT2D eigenvalue weighted by atomic mass is 10.0. The smallest absolute Gasteiger partial charge is 0.229 e. The molecule has 0 radical (unpaired) electrons. The van der Waals surface area contributed by atoms with E-state index in [0.717, 1.165) is 59.1 Å². The van der Waals surface area contributed by atoms with Crippen LogP contribution in [0.1, 0.15) is 99.5 Å². The van der Waals surface area contributed by atoms with Gasteiger partial charge in [-0.3, -0.25) is 9.59 Å². The Labute approximate surface area is 194 Å². The maximum Gasteiger partial charge on any atom is 0.229 e. The van der Waals surface area contributed by atoms with E-state index < -0.39 is 18.2 Å². The standard InChI is InChI=1S/C28H39O3P/c1-8-9-10-11-12-13-14-32(31,27(29)25-21(4)15-19(2)16-22(25)5)28(30)26-23(6)17-20(3)18-24(26)7/h15-18H,8-14H2,1-7H3. The third kappa shape index (κ3) is 5.87. The van der Waals surface area contributed by atoms with Crippen molar-refractivity contribution in [2.75, 3.05) is 6.16 Å². The molecule has 0 fully saturated rings. The van der Waals surface area contributed by atoms with Gasteiger partial charge in [0.2, 0.25) is 18.2 Å². The molecular weight excluding hydrogens is 415 g/mol. The second-order valence-electron chi connectivity index (χ2n) is 9.39. The van der Waals surface area contributed by atoms with Crippen molar-refractivity contribution in [3.8, 4) is 0 Å². The first-order chi connectivity index (χ1) is 15.0. The summed E-state index contributed by atoms with van der Waals surface area (Å²) in [5, 5.41) is 0. The molecule has 0 aliphatic heterocycles. The fourth-order valence-corrected chi connectivity index (χ4v) is 7.49. The summed E-state index contributed by atoms with van der Waals surface area (Å²) in [6.07, 6.45) is 6.19. The Morgan fingerprint density at radius 2 is 0.969 bits per heavy atom. The van der Waals surface area contributed by atoms with Crippen molar-refractivity contribution in [1.29, 1.82) is 0 Å². The number of carbonyl (C=O) groups excluding carboxylic acids is 2. The van der Waals surface area contributed by atoms with Crippen LogP contribution in [-0.4, -0.2) is 17.2 Å². The average Bonchev–Trinajstić information content (AvgIpc) is 2.68. The van der Waals surface area contributed by atoms with Crippen LogP contribution in [0.3, 0.4) is 0 Å². The molecule has 0 saturated heterocycles. The third-order valence-corrected chi connectivity index (χ3v) is 8.97. The lowest BCUT2D eigenvalue weighted by molar-refractivity contribution is 0.103. The second-order valence-corrected chi connectivity index (χ2v) is 12.1. The van der Waals surface area contributed by atoms with E-state index in [0.29, 0.717) is 17.5 Å². The van der Waals surface area contributed by atoms with Crippen LogP contribution < -0.4 is 0 Å². The molecular formula is C28H39O3P. The number of carbonyl (C=O) groups is 2. The Kier molecular flexibility index (Phi) is 9.22. The van der Waals surface area contributed by atoms with Gasteiger partial charge in [-0.1, -0.05) is 74.4 Å². The molecule has 0 saturated carbocycles. The molecule has 0 N–H and O–H groups in total. The molecule has 3 nitrogen and oxygen atoms in total. The predicted molar refractivity (Wildman–Crippen MR) is 136 cm³/mol. The monoisotopic (exact) mass is 454 g/mol. The minimum atomic E-state index is -3.82. The van der Waals surface area contributed by atoms with Gasteiger partial charge in [0.05, 0.1) is 0 Å². The normalized spacial score (nSPS) is 11.6. The molecule has 0 atom stereocenters. The van der Waals surface area contributed by atoms with E-state index in [1.807, 2.05) is 65.8 Å². The minimum Gasteiger partial charge on any atom is -0.307 e. The van der Waals surface area contributed by atoms with Crippen molar-refractivity contribution in [1.82, 2.24) is 0 Å². The average molecular weight is 455 g/mol. The maximum absolute atomic E-state index is 14.4. The Balaban J connectivity index is 2.50. The highest BCUT2D eigenvalue weighted by atomic mass is 31.2. The summed E-state index contributed by atoms with van der Waals surface area (Å²) in [5.41, 5.74) is 5.26.